The molecule has 2 unspecified atom stereocenters. The van der Waals surface area contributed by atoms with Crippen molar-refractivity contribution in [3.63, 3.8) is 0 Å². The lowest BCUT2D eigenvalue weighted by molar-refractivity contribution is -0.157. The third kappa shape index (κ3) is 3.03. The van der Waals surface area contributed by atoms with E-state index in [0.29, 0.717) is 6.42 Å². The first-order valence-electron chi connectivity index (χ1n) is 6.59. The van der Waals surface area contributed by atoms with Gasteiger partial charge < -0.3 is 4.74 Å². The maximum atomic E-state index is 12.1. The Labute approximate surface area is 118 Å². The van der Waals surface area contributed by atoms with Crippen LogP contribution in [0, 0.1) is 23.7 Å². The zero-order valence-electron chi connectivity index (χ0n) is 11.7. The molecule has 0 radical (unpaired) electrons. The number of hydrogen-bond donors (Lipinski definition) is 1. The first kappa shape index (κ1) is 15.0. The van der Waals surface area contributed by atoms with Crippen molar-refractivity contribution in [2.45, 2.75) is 26.4 Å². The van der Waals surface area contributed by atoms with Crippen LogP contribution in [0.5, 0.6) is 0 Å². The lowest BCUT2D eigenvalue weighted by Crippen LogP contribution is -2.43. The van der Waals surface area contributed by atoms with Crippen LogP contribution in [0.3, 0.4) is 0 Å². The highest BCUT2D eigenvalue weighted by atomic mass is 32.2. The smallest absolute Gasteiger partial charge is 0.310 e. The Morgan fingerprint density at radius 2 is 1.75 bits per heavy atom. The predicted molar refractivity (Wildman–Crippen MR) is 71.9 cm³/mol. The zero-order chi connectivity index (χ0) is 15.1. The number of esters is 1. The summed E-state index contributed by atoms with van der Waals surface area (Å²) >= 11 is 0. The summed E-state index contributed by atoms with van der Waals surface area (Å²) < 4.78 is 29.6. The summed E-state index contributed by atoms with van der Waals surface area (Å²) in [6.45, 7) is 3.49. The van der Waals surface area contributed by atoms with Crippen molar-refractivity contribution in [3.8, 4) is 0 Å². The Bertz CT molecular complexity index is 551. The molecule has 7 heteroatoms. The Morgan fingerprint density at radius 1 is 1.20 bits per heavy atom. The minimum Gasteiger partial charge on any atom is -0.463 e. The maximum Gasteiger partial charge on any atom is 0.310 e. The molecule has 2 aliphatic rings. The minimum atomic E-state index is -3.63. The van der Waals surface area contributed by atoms with Crippen molar-refractivity contribution in [3.05, 3.63) is 12.2 Å². The SMILES string of the molecule is CC(C)OC(=O)[C@H]1C2C=CC(C2)[C@H]1C(=O)NS(C)(=O)=O. The Kier molecular flexibility index (Phi) is 3.90. The van der Waals surface area contributed by atoms with E-state index < -0.39 is 33.7 Å². The normalized spacial score (nSPS) is 31.6. The molecular formula is C13H19NO5S. The first-order chi connectivity index (χ1) is 9.19. The van der Waals surface area contributed by atoms with E-state index in [4.69, 9.17) is 4.74 Å². The fourth-order valence-corrected chi connectivity index (χ4v) is 3.56. The van der Waals surface area contributed by atoms with E-state index in [1.165, 1.54) is 0 Å². The Balaban J connectivity index is 2.19. The molecule has 20 heavy (non-hydrogen) atoms. The molecule has 0 spiro atoms. The molecule has 2 aliphatic carbocycles. The third-order valence-corrected chi connectivity index (χ3v) is 4.24. The van der Waals surface area contributed by atoms with E-state index in [-0.39, 0.29) is 17.9 Å². The van der Waals surface area contributed by atoms with Gasteiger partial charge in [0.25, 0.3) is 0 Å². The number of carbonyl (C=O) groups excluding carboxylic acids is 2. The molecule has 2 rings (SSSR count). The molecule has 0 aromatic rings. The van der Waals surface area contributed by atoms with Crippen molar-refractivity contribution in [1.82, 2.24) is 4.72 Å². The van der Waals surface area contributed by atoms with E-state index >= 15 is 0 Å². The highest BCUT2D eigenvalue weighted by Gasteiger charge is 2.52. The van der Waals surface area contributed by atoms with Gasteiger partial charge in [-0.1, -0.05) is 12.2 Å². The fourth-order valence-electron chi connectivity index (χ4n) is 3.06. The van der Waals surface area contributed by atoms with Gasteiger partial charge in [0.05, 0.1) is 24.2 Å². The van der Waals surface area contributed by atoms with Crippen molar-refractivity contribution >= 4 is 21.9 Å². The highest BCUT2D eigenvalue weighted by molar-refractivity contribution is 7.89. The minimum absolute atomic E-state index is 0.0402. The quantitative estimate of drug-likeness (QED) is 0.601. The molecule has 0 aliphatic heterocycles. The van der Waals surface area contributed by atoms with Gasteiger partial charge in [-0.05, 0) is 32.1 Å². The number of ether oxygens (including phenoxy) is 1. The van der Waals surface area contributed by atoms with E-state index in [1.54, 1.807) is 13.8 Å². The van der Waals surface area contributed by atoms with Crippen LogP contribution in [0.1, 0.15) is 20.3 Å². The number of allylic oxidation sites excluding steroid dienone is 2. The predicted octanol–water partition coefficient (Wildman–Crippen LogP) is 0.452. The first-order valence-corrected chi connectivity index (χ1v) is 8.48. The molecule has 1 fully saturated rings. The number of hydrogen-bond acceptors (Lipinski definition) is 5. The molecule has 0 aromatic heterocycles. The van der Waals surface area contributed by atoms with Crippen LogP contribution in [0.4, 0.5) is 0 Å². The summed E-state index contributed by atoms with van der Waals surface area (Å²) in [7, 11) is -3.63. The van der Waals surface area contributed by atoms with Gasteiger partial charge in [-0.2, -0.15) is 0 Å². The second-order valence-corrected chi connectivity index (χ2v) is 7.47. The van der Waals surface area contributed by atoms with Gasteiger partial charge in [-0.25, -0.2) is 8.42 Å². The average molecular weight is 301 g/mol. The van der Waals surface area contributed by atoms with Crippen LogP contribution >= 0.6 is 0 Å². The van der Waals surface area contributed by atoms with Crippen LogP contribution < -0.4 is 4.72 Å². The number of sulfonamides is 1. The van der Waals surface area contributed by atoms with Gasteiger partial charge in [0.15, 0.2) is 0 Å². The van der Waals surface area contributed by atoms with Gasteiger partial charge in [0.1, 0.15) is 0 Å². The molecular weight excluding hydrogens is 282 g/mol. The number of rotatable bonds is 4. The van der Waals surface area contributed by atoms with E-state index in [2.05, 4.69) is 0 Å². The average Bonchev–Trinajstić information content (AvgIpc) is 2.84. The molecule has 0 saturated heterocycles. The molecule has 1 amide bonds. The van der Waals surface area contributed by atoms with Gasteiger partial charge in [0, 0.05) is 0 Å². The van der Waals surface area contributed by atoms with Gasteiger partial charge >= 0.3 is 5.97 Å². The zero-order valence-corrected chi connectivity index (χ0v) is 12.5. The Hall–Kier alpha value is -1.37. The monoisotopic (exact) mass is 301 g/mol. The molecule has 112 valence electrons. The largest absolute Gasteiger partial charge is 0.463 e. The highest BCUT2D eigenvalue weighted by Crippen LogP contribution is 2.48. The second-order valence-electron chi connectivity index (χ2n) is 5.72. The summed E-state index contributed by atoms with van der Waals surface area (Å²) in [6.07, 6.45) is 5.16. The van der Waals surface area contributed by atoms with E-state index in [9.17, 15) is 18.0 Å². The molecule has 6 nitrogen and oxygen atoms in total. The molecule has 0 heterocycles. The van der Waals surface area contributed by atoms with E-state index in [0.717, 1.165) is 6.26 Å². The van der Waals surface area contributed by atoms with Crippen molar-refractivity contribution in [2.24, 2.45) is 23.7 Å². The topological polar surface area (TPSA) is 89.5 Å². The van der Waals surface area contributed by atoms with Crippen LogP contribution in [-0.2, 0) is 24.3 Å². The maximum absolute atomic E-state index is 12.1. The van der Waals surface area contributed by atoms with Crippen LogP contribution in [0.15, 0.2) is 12.2 Å². The summed E-state index contributed by atoms with van der Waals surface area (Å²) in [6, 6.07) is 0. The molecule has 4 atom stereocenters. The summed E-state index contributed by atoms with van der Waals surface area (Å²) in [4.78, 5) is 24.3. The van der Waals surface area contributed by atoms with Gasteiger partial charge in [0.2, 0.25) is 15.9 Å². The van der Waals surface area contributed by atoms with Crippen molar-refractivity contribution in [1.29, 1.82) is 0 Å². The number of fused-ring (bicyclic) bond motifs is 2. The number of amides is 1. The van der Waals surface area contributed by atoms with Crippen LogP contribution in [0.25, 0.3) is 0 Å². The van der Waals surface area contributed by atoms with Gasteiger partial charge in [-0.3, -0.25) is 14.3 Å². The van der Waals surface area contributed by atoms with Crippen molar-refractivity contribution in [2.75, 3.05) is 6.26 Å². The fraction of sp³-hybridized carbons (Fsp3) is 0.692. The number of nitrogens with one attached hydrogen (secondary N) is 1. The standard InChI is InChI=1S/C13H19NO5S/c1-7(2)19-13(16)11-9-5-4-8(6-9)10(11)12(15)14-20(3,17)18/h4-5,7-11H,6H2,1-3H3,(H,14,15)/t8?,9?,10-,11+/m1/s1. The van der Waals surface area contributed by atoms with Gasteiger partial charge in [-0.15, -0.1) is 0 Å². The second kappa shape index (κ2) is 5.20. The van der Waals surface area contributed by atoms with Crippen LogP contribution in [0.2, 0.25) is 0 Å². The molecule has 1 saturated carbocycles. The summed E-state index contributed by atoms with van der Waals surface area (Å²) in [5.41, 5.74) is 0. The molecule has 1 N–H and O–H groups in total. The Morgan fingerprint density at radius 3 is 2.25 bits per heavy atom. The van der Waals surface area contributed by atoms with Crippen LogP contribution in [-0.4, -0.2) is 32.7 Å². The lowest BCUT2D eigenvalue weighted by Gasteiger charge is -2.26. The summed E-state index contributed by atoms with van der Waals surface area (Å²) in [5.74, 6) is -2.42. The van der Waals surface area contributed by atoms with E-state index in [1.807, 2.05) is 16.9 Å². The molecule has 2 bridgehead atoms. The third-order valence-electron chi connectivity index (χ3n) is 3.67. The lowest BCUT2D eigenvalue weighted by atomic mass is 9.82. The summed E-state index contributed by atoms with van der Waals surface area (Å²) in [5, 5.41) is 0. The van der Waals surface area contributed by atoms with Crippen molar-refractivity contribution < 1.29 is 22.7 Å². The number of carbonyl (C=O) groups is 2. The molecule has 0 aromatic carbocycles.